The molecule has 4 nitrogen and oxygen atoms in total. The Bertz CT molecular complexity index is 678. The molecule has 1 aliphatic heterocycles. The Morgan fingerprint density at radius 2 is 1.67 bits per heavy atom. The minimum atomic E-state index is 0.563. The quantitative estimate of drug-likeness (QED) is 0.868. The zero-order chi connectivity index (χ0) is 14.2. The lowest BCUT2D eigenvalue weighted by atomic mass is 10.0. The molecule has 1 aromatic heterocycles. The maximum Gasteiger partial charge on any atom is 0.163 e. The molecule has 2 aliphatic rings. The molecule has 1 saturated carbocycles. The second-order valence-corrected chi connectivity index (χ2v) is 5.98. The molecule has 0 spiro atoms. The molecule has 110 valence electrons. The van der Waals surface area contributed by atoms with Crippen LogP contribution in [0.15, 0.2) is 18.2 Å². The third-order valence-electron chi connectivity index (χ3n) is 4.50. The summed E-state index contributed by atoms with van der Waals surface area (Å²) in [6.07, 6.45) is 5.95. The molecule has 0 unspecified atom stereocenters. The zero-order valence-corrected chi connectivity index (χ0v) is 12.1. The Labute approximate surface area is 124 Å². The van der Waals surface area contributed by atoms with Crippen molar-refractivity contribution in [2.45, 2.75) is 38.0 Å². The number of nitrogen functional groups attached to an aromatic ring is 1. The Balaban J connectivity index is 1.83. The minimum Gasteiger partial charge on any atom is -0.490 e. The first-order valence-electron chi connectivity index (χ1n) is 7.81. The van der Waals surface area contributed by atoms with Gasteiger partial charge in [0.15, 0.2) is 11.5 Å². The number of nitrogens with two attached hydrogens (primary N) is 1. The Morgan fingerprint density at radius 1 is 0.952 bits per heavy atom. The van der Waals surface area contributed by atoms with Crippen molar-refractivity contribution in [3.63, 3.8) is 0 Å². The van der Waals surface area contributed by atoms with Gasteiger partial charge >= 0.3 is 0 Å². The molecule has 2 heterocycles. The average molecular weight is 284 g/mol. The molecule has 21 heavy (non-hydrogen) atoms. The monoisotopic (exact) mass is 284 g/mol. The zero-order valence-electron chi connectivity index (χ0n) is 12.1. The van der Waals surface area contributed by atoms with Crippen LogP contribution in [0.3, 0.4) is 0 Å². The normalized spacial score (nSPS) is 18.9. The second kappa shape index (κ2) is 5.10. The van der Waals surface area contributed by atoms with Crippen molar-refractivity contribution in [1.82, 2.24) is 4.98 Å². The summed E-state index contributed by atoms with van der Waals surface area (Å²) in [6, 6.07) is 5.99. The average Bonchev–Trinajstić information content (AvgIpc) is 2.92. The summed E-state index contributed by atoms with van der Waals surface area (Å²) in [6.45, 7) is 1.38. The van der Waals surface area contributed by atoms with E-state index in [1.165, 1.54) is 25.7 Å². The van der Waals surface area contributed by atoms with Crippen LogP contribution in [0.4, 0.5) is 5.69 Å². The molecule has 2 aromatic rings. The van der Waals surface area contributed by atoms with Gasteiger partial charge in [0.05, 0.1) is 18.7 Å². The van der Waals surface area contributed by atoms with Gasteiger partial charge in [0, 0.05) is 35.2 Å². The third kappa shape index (κ3) is 2.28. The van der Waals surface area contributed by atoms with Crippen LogP contribution in [-0.4, -0.2) is 18.2 Å². The van der Waals surface area contributed by atoms with Gasteiger partial charge in [0.25, 0.3) is 0 Å². The van der Waals surface area contributed by atoms with Crippen molar-refractivity contribution in [2.75, 3.05) is 18.9 Å². The summed E-state index contributed by atoms with van der Waals surface area (Å²) in [4.78, 5) is 4.84. The van der Waals surface area contributed by atoms with Gasteiger partial charge < -0.3 is 15.2 Å². The van der Waals surface area contributed by atoms with Crippen LogP contribution >= 0.6 is 0 Å². The fraction of sp³-hybridized carbons (Fsp3) is 0.471. The van der Waals surface area contributed by atoms with Crippen molar-refractivity contribution in [1.29, 1.82) is 0 Å². The third-order valence-corrected chi connectivity index (χ3v) is 4.50. The topological polar surface area (TPSA) is 57.4 Å². The number of nitrogens with zero attached hydrogens (tertiary/aromatic N) is 1. The van der Waals surface area contributed by atoms with Gasteiger partial charge in [-0.1, -0.05) is 12.8 Å². The van der Waals surface area contributed by atoms with Crippen LogP contribution in [-0.2, 0) is 0 Å². The van der Waals surface area contributed by atoms with Gasteiger partial charge in [-0.2, -0.15) is 0 Å². The van der Waals surface area contributed by atoms with Crippen LogP contribution in [0.2, 0.25) is 0 Å². The van der Waals surface area contributed by atoms with Gasteiger partial charge in [-0.25, -0.2) is 0 Å². The number of ether oxygens (including phenoxy) is 2. The van der Waals surface area contributed by atoms with Crippen LogP contribution < -0.4 is 15.2 Å². The van der Waals surface area contributed by atoms with E-state index in [4.69, 9.17) is 20.2 Å². The fourth-order valence-corrected chi connectivity index (χ4v) is 3.36. The highest BCUT2D eigenvalue weighted by atomic mass is 16.5. The molecule has 0 amide bonds. The number of rotatable bonds is 1. The lowest BCUT2D eigenvalue weighted by Crippen LogP contribution is -2.01. The van der Waals surface area contributed by atoms with Crippen molar-refractivity contribution >= 4 is 16.6 Å². The highest BCUT2D eigenvalue weighted by molar-refractivity contribution is 5.92. The largest absolute Gasteiger partial charge is 0.490 e. The van der Waals surface area contributed by atoms with Crippen LogP contribution in [0.25, 0.3) is 10.9 Å². The van der Waals surface area contributed by atoms with Crippen molar-refractivity contribution in [3.8, 4) is 11.5 Å². The number of aromatic nitrogens is 1. The molecule has 4 rings (SSSR count). The van der Waals surface area contributed by atoms with Crippen LogP contribution in [0.5, 0.6) is 11.5 Å². The van der Waals surface area contributed by atoms with Crippen molar-refractivity contribution in [2.24, 2.45) is 0 Å². The number of anilines is 1. The molecular weight excluding hydrogens is 264 g/mol. The van der Waals surface area contributed by atoms with Gasteiger partial charge in [0.1, 0.15) is 0 Å². The molecule has 0 bridgehead atoms. The SMILES string of the molecule is Nc1cc(C2CCCC2)nc2cc3c(cc12)OCCCO3. The van der Waals surface area contributed by atoms with Crippen molar-refractivity contribution in [3.05, 3.63) is 23.9 Å². The Hall–Kier alpha value is -1.97. The molecule has 4 heteroatoms. The molecular formula is C17H20N2O2. The first kappa shape index (κ1) is 12.7. The van der Waals surface area contributed by atoms with E-state index in [-0.39, 0.29) is 0 Å². The predicted molar refractivity (Wildman–Crippen MR) is 83.0 cm³/mol. The highest BCUT2D eigenvalue weighted by Crippen LogP contribution is 2.39. The summed E-state index contributed by atoms with van der Waals surface area (Å²) in [5.74, 6) is 2.13. The highest BCUT2D eigenvalue weighted by Gasteiger charge is 2.20. The van der Waals surface area contributed by atoms with Crippen LogP contribution in [0.1, 0.15) is 43.7 Å². The molecule has 0 atom stereocenters. The van der Waals surface area contributed by atoms with E-state index in [2.05, 4.69) is 0 Å². The smallest absolute Gasteiger partial charge is 0.163 e. The van der Waals surface area contributed by atoms with Gasteiger partial charge in [-0.15, -0.1) is 0 Å². The summed E-state index contributed by atoms with van der Waals surface area (Å²) in [5, 5.41) is 0.959. The summed E-state index contributed by atoms with van der Waals surface area (Å²) in [7, 11) is 0. The maximum absolute atomic E-state index is 6.26. The van der Waals surface area contributed by atoms with Gasteiger partial charge in [-0.05, 0) is 25.0 Å². The lowest BCUT2D eigenvalue weighted by molar-refractivity contribution is 0.297. The standard InChI is InChI=1S/C17H20N2O2/c18-13-9-14(11-4-1-2-5-11)19-15-10-17-16(8-12(13)15)20-6-3-7-21-17/h8-11H,1-7H2,(H2,18,19). The van der Waals surface area contributed by atoms with E-state index >= 15 is 0 Å². The van der Waals surface area contributed by atoms with E-state index in [0.29, 0.717) is 19.1 Å². The lowest BCUT2D eigenvalue weighted by Gasteiger charge is -2.14. The van der Waals surface area contributed by atoms with Gasteiger partial charge in [-0.3, -0.25) is 4.98 Å². The molecule has 1 aromatic carbocycles. The van der Waals surface area contributed by atoms with Gasteiger partial charge in [0.2, 0.25) is 0 Å². The first-order valence-corrected chi connectivity index (χ1v) is 7.81. The number of hydrogen-bond donors (Lipinski definition) is 1. The molecule has 0 saturated heterocycles. The van der Waals surface area contributed by atoms with Crippen LogP contribution in [0, 0.1) is 0 Å². The Morgan fingerprint density at radius 3 is 2.43 bits per heavy atom. The minimum absolute atomic E-state index is 0.563. The first-order chi connectivity index (χ1) is 10.3. The second-order valence-electron chi connectivity index (χ2n) is 5.98. The van der Waals surface area contributed by atoms with E-state index in [0.717, 1.165) is 40.2 Å². The molecule has 1 fully saturated rings. The maximum atomic E-state index is 6.26. The summed E-state index contributed by atoms with van der Waals surface area (Å²) < 4.78 is 11.5. The van der Waals surface area contributed by atoms with E-state index in [9.17, 15) is 0 Å². The Kier molecular flexibility index (Phi) is 3.09. The van der Waals surface area contributed by atoms with Crippen molar-refractivity contribution < 1.29 is 9.47 Å². The fourth-order valence-electron chi connectivity index (χ4n) is 3.36. The number of pyridine rings is 1. The van der Waals surface area contributed by atoms with E-state index in [1.54, 1.807) is 0 Å². The predicted octanol–water partition coefficient (Wildman–Crippen LogP) is 3.64. The number of fused-ring (bicyclic) bond motifs is 2. The number of hydrogen-bond acceptors (Lipinski definition) is 4. The summed E-state index contributed by atoms with van der Waals surface area (Å²) in [5.41, 5.74) is 9.10. The molecule has 2 N–H and O–H groups in total. The number of benzene rings is 1. The molecule has 0 radical (unpaired) electrons. The molecule has 1 aliphatic carbocycles. The summed E-state index contributed by atoms with van der Waals surface area (Å²) >= 11 is 0. The van der Waals surface area contributed by atoms with E-state index < -0.39 is 0 Å². The van der Waals surface area contributed by atoms with E-state index in [1.807, 2.05) is 18.2 Å².